The second-order valence-corrected chi connectivity index (χ2v) is 7.28. The lowest BCUT2D eigenvalue weighted by Crippen LogP contribution is -2.38. The van der Waals surface area contributed by atoms with Gasteiger partial charge in [-0.3, -0.25) is 9.59 Å². The maximum atomic E-state index is 12.3. The first-order valence-corrected chi connectivity index (χ1v) is 8.26. The smallest absolute Gasteiger partial charge is 0.253 e. The highest BCUT2D eigenvalue weighted by Gasteiger charge is 2.40. The molecule has 0 radical (unpaired) electrons. The molecule has 1 unspecified atom stereocenters. The Hall–Kier alpha value is -1.88. The van der Waals surface area contributed by atoms with Crippen molar-refractivity contribution < 1.29 is 14.7 Å². The SMILES string of the molecule is CC(C)C(O)NC(=O)c1ccc2c(c1)C[C@]1(CC2)CNC(=O)C1. The number of hydrogen-bond donors (Lipinski definition) is 3. The van der Waals surface area contributed by atoms with E-state index in [4.69, 9.17) is 0 Å². The van der Waals surface area contributed by atoms with Crippen LogP contribution in [-0.2, 0) is 17.6 Å². The van der Waals surface area contributed by atoms with Gasteiger partial charge in [-0.05, 0) is 48.4 Å². The van der Waals surface area contributed by atoms with E-state index in [0.29, 0.717) is 12.0 Å². The first-order valence-electron chi connectivity index (χ1n) is 8.26. The number of carbonyl (C=O) groups excluding carboxylic acids is 2. The third-order valence-electron chi connectivity index (χ3n) is 5.07. The van der Waals surface area contributed by atoms with Crippen LogP contribution < -0.4 is 10.6 Å². The summed E-state index contributed by atoms with van der Waals surface area (Å²) in [6.45, 7) is 4.44. The van der Waals surface area contributed by atoms with Crippen LogP contribution in [0, 0.1) is 11.3 Å². The standard InChI is InChI=1S/C18H24N2O3/c1-11(2)16(22)20-17(23)13-4-3-12-5-6-18(8-14(12)7-13)9-15(21)19-10-18/h3-4,7,11,16,22H,5-6,8-10H2,1-2H3,(H,19,21)(H,20,23)/t16?,18-/m0/s1. The van der Waals surface area contributed by atoms with Crippen molar-refractivity contribution in [2.75, 3.05) is 6.54 Å². The summed E-state index contributed by atoms with van der Waals surface area (Å²) in [5.74, 6) is -0.160. The minimum Gasteiger partial charge on any atom is -0.373 e. The van der Waals surface area contributed by atoms with E-state index in [0.717, 1.165) is 31.4 Å². The molecule has 1 spiro atoms. The molecule has 1 fully saturated rings. The van der Waals surface area contributed by atoms with Crippen LogP contribution in [0.25, 0.3) is 0 Å². The monoisotopic (exact) mass is 316 g/mol. The summed E-state index contributed by atoms with van der Waals surface area (Å²) in [6, 6.07) is 5.74. The van der Waals surface area contributed by atoms with Gasteiger partial charge in [-0.15, -0.1) is 0 Å². The molecule has 2 amide bonds. The number of hydrogen-bond acceptors (Lipinski definition) is 3. The fourth-order valence-corrected chi connectivity index (χ4v) is 3.51. The van der Waals surface area contributed by atoms with Gasteiger partial charge in [0.25, 0.3) is 5.91 Å². The van der Waals surface area contributed by atoms with E-state index in [1.54, 1.807) is 0 Å². The van der Waals surface area contributed by atoms with Crippen molar-refractivity contribution in [1.82, 2.24) is 10.6 Å². The second kappa shape index (κ2) is 5.96. The van der Waals surface area contributed by atoms with Crippen molar-refractivity contribution in [3.05, 3.63) is 34.9 Å². The highest BCUT2D eigenvalue weighted by atomic mass is 16.3. The van der Waals surface area contributed by atoms with Crippen LogP contribution in [0.15, 0.2) is 18.2 Å². The molecule has 124 valence electrons. The Balaban J connectivity index is 1.78. The molecule has 0 bridgehead atoms. The molecule has 3 rings (SSSR count). The van der Waals surface area contributed by atoms with E-state index in [-0.39, 0.29) is 23.1 Å². The minimum atomic E-state index is -0.846. The maximum absolute atomic E-state index is 12.3. The number of nitrogens with one attached hydrogen (secondary N) is 2. The Bertz CT molecular complexity index is 641. The van der Waals surface area contributed by atoms with Gasteiger partial charge in [0.05, 0.1) is 0 Å². The van der Waals surface area contributed by atoms with Gasteiger partial charge in [0.15, 0.2) is 0 Å². The molecule has 3 N–H and O–H groups in total. The van der Waals surface area contributed by atoms with Crippen molar-refractivity contribution in [3.8, 4) is 0 Å². The van der Waals surface area contributed by atoms with Crippen LogP contribution in [0.1, 0.15) is 48.2 Å². The van der Waals surface area contributed by atoms with Gasteiger partial charge >= 0.3 is 0 Å². The van der Waals surface area contributed by atoms with E-state index in [9.17, 15) is 14.7 Å². The lowest BCUT2D eigenvalue weighted by atomic mass is 9.71. The topological polar surface area (TPSA) is 78.4 Å². The molecule has 1 aromatic rings. The second-order valence-electron chi connectivity index (χ2n) is 7.28. The Labute approximate surface area is 136 Å². The van der Waals surface area contributed by atoms with Gasteiger partial charge < -0.3 is 15.7 Å². The first-order chi connectivity index (χ1) is 10.9. The fourth-order valence-electron chi connectivity index (χ4n) is 3.51. The molecular formula is C18H24N2O3. The fraction of sp³-hybridized carbons (Fsp3) is 0.556. The number of fused-ring (bicyclic) bond motifs is 1. The van der Waals surface area contributed by atoms with E-state index in [1.165, 1.54) is 5.56 Å². The number of benzene rings is 1. The summed E-state index contributed by atoms with van der Waals surface area (Å²) in [5, 5.41) is 15.4. The highest BCUT2D eigenvalue weighted by Crippen LogP contribution is 2.40. The first kappa shape index (κ1) is 16.0. The largest absolute Gasteiger partial charge is 0.373 e. The quantitative estimate of drug-likeness (QED) is 0.737. The lowest BCUT2D eigenvalue weighted by molar-refractivity contribution is -0.119. The number of aliphatic hydroxyl groups is 1. The molecule has 1 aromatic carbocycles. The van der Waals surface area contributed by atoms with Gasteiger partial charge in [-0.1, -0.05) is 19.9 Å². The maximum Gasteiger partial charge on any atom is 0.253 e. The van der Waals surface area contributed by atoms with Crippen LogP contribution in [0.2, 0.25) is 0 Å². The predicted octanol–water partition coefficient (Wildman–Crippen LogP) is 1.39. The molecule has 1 saturated heterocycles. The van der Waals surface area contributed by atoms with Gasteiger partial charge in [0.1, 0.15) is 6.23 Å². The van der Waals surface area contributed by atoms with E-state index < -0.39 is 6.23 Å². The third-order valence-corrected chi connectivity index (χ3v) is 5.07. The molecule has 23 heavy (non-hydrogen) atoms. The average molecular weight is 316 g/mol. The van der Waals surface area contributed by atoms with Crippen LogP contribution in [-0.4, -0.2) is 29.7 Å². The summed E-state index contributed by atoms with van der Waals surface area (Å²) in [5.41, 5.74) is 2.99. The zero-order valence-electron chi connectivity index (χ0n) is 13.7. The number of amides is 2. The lowest BCUT2D eigenvalue weighted by Gasteiger charge is -2.33. The van der Waals surface area contributed by atoms with Crippen molar-refractivity contribution in [1.29, 1.82) is 0 Å². The Morgan fingerprint density at radius 1 is 1.30 bits per heavy atom. The van der Waals surface area contributed by atoms with E-state index in [1.807, 2.05) is 32.0 Å². The van der Waals surface area contributed by atoms with Crippen LogP contribution in [0.5, 0.6) is 0 Å². The number of aryl methyl sites for hydroxylation is 1. The Kier molecular flexibility index (Phi) is 4.15. The predicted molar refractivity (Wildman–Crippen MR) is 86.8 cm³/mol. The number of carbonyl (C=O) groups is 2. The normalized spacial score (nSPS) is 24.4. The molecule has 2 atom stereocenters. The average Bonchev–Trinajstić information content (AvgIpc) is 2.86. The molecule has 1 aliphatic heterocycles. The molecule has 5 nitrogen and oxygen atoms in total. The van der Waals surface area contributed by atoms with Gasteiger partial charge in [0.2, 0.25) is 5.91 Å². The Morgan fingerprint density at radius 2 is 2.09 bits per heavy atom. The molecule has 1 aliphatic carbocycles. The van der Waals surface area contributed by atoms with Crippen LogP contribution in [0.4, 0.5) is 0 Å². The number of rotatable bonds is 3. The Morgan fingerprint density at radius 3 is 2.74 bits per heavy atom. The van der Waals surface area contributed by atoms with Crippen molar-refractivity contribution in [2.45, 2.75) is 45.8 Å². The zero-order chi connectivity index (χ0) is 16.6. The van der Waals surface area contributed by atoms with Gasteiger partial charge in [-0.2, -0.15) is 0 Å². The molecule has 2 aliphatic rings. The van der Waals surface area contributed by atoms with Crippen molar-refractivity contribution >= 4 is 11.8 Å². The molecule has 0 aromatic heterocycles. The molecule has 5 heteroatoms. The van der Waals surface area contributed by atoms with Crippen LogP contribution in [0.3, 0.4) is 0 Å². The summed E-state index contributed by atoms with van der Waals surface area (Å²) >= 11 is 0. The summed E-state index contributed by atoms with van der Waals surface area (Å²) in [7, 11) is 0. The third kappa shape index (κ3) is 3.24. The van der Waals surface area contributed by atoms with Crippen molar-refractivity contribution in [3.63, 3.8) is 0 Å². The van der Waals surface area contributed by atoms with Gasteiger partial charge in [0, 0.05) is 23.9 Å². The highest BCUT2D eigenvalue weighted by molar-refractivity contribution is 5.94. The summed E-state index contributed by atoms with van der Waals surface area (Å²) in [4.78, 5) is 23.9. The van der Waals surface area contributed by atoms with E-state index >= 15 is 0 Å². The van der Waals surface area contributed by atoms with Crippen molar-refractivity contribution in [2.24, 2.45) is 11.3 Å². The molecule has 1 heterocycles. The summed E-state index contributed by atoms with van der Waals surface area (Å²) < 4.78 is 0. The molecular weight excluding hydrogens is 292 g/mol. The molecule has 0 saturated carbocycles. The minimum absolute atomic E-state index is 0.0105. The zero-order valence-corrected chi connectivity index (χ0v) is 13.7. The van der Waals surface area contributed by atoms with E-state index in [2.05, 4.69) is 10.6 Å². The van der Waals surface area contributed by atoms with Gasteiger partial charge in [-0.25, -0.2) is 0 Å². The van der Waals surface area contributed by atoms with Crippen LogP contribution >= 0.6 is 0 Å². The summed E-state index contributed by atoms with van der Waals surface area (Å²) in [6.07, 6.45) is 2.52. The number of aliphatic hydroxyl groups excluding tert-OH is 1.